The topological polar surface area (TPSA) is 85.8 Å². The zero-order valence-corrected chi connectivity index (χ0v) is 12.2. The van der Waals surface area contributed by atoms with Crippen LogP contribution in [0, 0.1) is 0 Å². The molecule has 0 unspecified atom stereocenters. The summed E-state index contributed by atoms with van der Waals surface area (Å²) in [5.41, 5.74) is 8.35. The van der Waals surface area contributed by atoms with E-state index in [2.05, 4.69) is 22.6 Å². The van der Waals surface area contributed by atoms with Crippen LogP contribution in [0.4, 0.5) is 5.69 Å². The minimum atomic E-state index is -0.116. The highest BCUT2D eigenvalue weighted by Crippen LogP contribution is 2.10. The van der Waals surface area contributed by atoms with Crippen LogP contribution < -0.4 is 11.1 Å². The number of hydrogen-bond donors (Lipinski definition) is 2. The van der Waals surface area contributed by atoms with Gasteiger partial charge in [-0.05, 0) is 43.5 Å². The lowest BCUT2D eigenvalue weighted by Gasteiger charge is -2.05. The van der Waals surface area contributed by atoms with Crippen molar-refractivity contribution >= 4 is 11.6 Å². The van der Waals surface area contributed by atoms with E-state index in [0.717, 1.165) is 30.6 Å². The molecule has 0 radical (unpaired) electrons. The van der Waals surface area contributed by atoms with Crippen molar-refractivity contribution in [1.29, 1.82) is 0 Å². The van der Waals surface area contributed by atoms with Gasteiger partial charge in [0.1, 0.15) is 6.54 Å². The van der Waals surface area contributed by atoms with Gasteiger partial charge in [0, 0.05) is 11.9 Å². The highest BCUT2D eigenvalue weighted by molar-refractivity contribution is 5.90. The average Bonchev–Trinajstić information content (AvgIpc) is 2.93. The van der Waals surface area contributed by atoms with Gasteiger partial charge in [-0.3, -0.25) is 4.79 Å². The first-order chi connectivity index (χ1) is 10.2. The standard InChI is InChI=1S/C15H21N5O/c1-2-12-5-7-13(8-6-12)17-15(21)11-20-10-14(18-19-20)4-3-9-16/h5-8,10H,2-4,9,11,16H2,1H3,(H,17,21). The number of amides is 1. The van der Waals surface area contributed by atoms with Crippen LogP contribution in [0.3, 0.4) is 0 Å². The van der Waals surface area contributed by atoms with Crippen LogP contribution in [0.2, 0.25) is 0 Å². The maximum absolute atomic E-state index is 11.9. The molecular formula is C15H21N5O. The Hall–Kier alpha value is -2.21. The van der Waals surface area contributed by atoms with Crippen LogP contribution in [-0.2, 0) is 24.2 Å². The van der Waals surface area contributed by atoms with Gasteiger partial charge in [-0.1, -0.05) is 24.3 Å². The minimum Gasteiger partial charge on any atom is -0.330 e. The van der Waals surface area contributed by atoms with Crippen molar-refractivity contribution < 1.29 is 4.79 Å². The molecule has 21 heavy (non-hydrogen) atoms. The Morgan fingerprint density at radius 1 is 1.33 bits per heavy atom. The molecule has 0 aliphatic rings. The van der Waals surface area contributed by atoms with Gasteiger partial charge in [0.25, 0.3) is 0 Å². The number of aryl methyl sites for hydroxylation is 2. The predicted molar refractivity (Wildman–Crippen MR) is 81.8 cm³/mol. The number of nitrogens with one attached hydrogen (secondary N) is 1. The molecule has 0 saturated carbocycles. The number of aromatic nitrogens is 3. The van der Waals surface area contributed by atoms with E-state index < -0.39 is 0 Å². The molecule has 1 aromatic carbocycles. The molecule has 0 saturated heterocycles. The SMILES string of the molecule is CCc1ccc(NC(=O)Cn2cc(CCCN)nn2)cc1. The third kappa shape index (κ3) is 4.68. The van der Waals surface area contributed by atoms with Crippen LogP contribution in [0.25, 0.3) is 0 Å². The van der Waals surface area contributed by atoms with Gasteiger partial charge in [0.05, 0.1) is 5.69 Å². The Balaban J connectivity index is 1.87. The monoisotopic (exact) mass is 287 g/mol. The van der Waals surface area contributed by atoms with E-state index >= 15 is 0 Å². The number of anilines is 1. The zero-order chi connectivity index (χ0) is 15.1. The molecule has 3 N–H and O–H groups in total. The molecule has 6 nitrogen and oxygen atoms in total. The van der Waals surface area contributed by atoms with Crippen LogP contribution in [-0.4, -0.2) is 27.4 Å². The van der Waals surface area contributed by atoms with E-state index in [0.29, 0.717) is 6.54 Å². The largest absolute Gasteiger partial charge is 0.330 e. The van der Waals surface area contributed by atoms with E-state index in [-0.39, 0.29) is 12.5 Å². The summed E-state index contributed by atoms with van der Waals surface area (Å²) < 4.78 is 1.54. The molecule has 112 valence electrons. The third-order valence-electron chi connectivity index (χ3n) is 3.17. The van der Waals surface area contributed by atoms with E-state index in [4.69, 9.17) is 5.73 Å². The smallest absolute Gasteiger partial charge is 0.246 e. The summed E-state index contributed by atoms with van der Waals surface area (Å²) in [6, 6.07) is 7.83. The molecule has 6 heteroatoms. The number of benzene rings is 1. The number of rotatable bonds is 7. The molecule has 0 fully saturated rings. The number of carbonyl (C=O) groups is 1. The van der Waals surface area contributed by atoms with Crippen molar-refractivity contribution in [3.8, 4) is 0 Å². The van der Waals surface area contributed by atoms with Crippen molar-refractivity contribution in [3.63, 3.8) is 0 Å². The third-order valence-corrected chi connectivity index (χ3v) is 3.17. The van der Waals surface area contributed by atoms with Gasteiger partial charge in [-0.15, -0.1) is 5.10 Å². The maximum atomic E-state index is 11.9. The highest BCUT2D eigenvalue weighted by atomic mass is 16.2. The maximum Gasteiger partial charge on any atom is 0.246 e. The van der Waals surface area contributed by atoms with Crippen molar-refractivity contribution in [2.75, 3.05) is 11.9 Å². The molecule has 2 aromatic rings. The lowest BCUT2D eigenvalue weighted by molar-refractivity contribution is -0.116. The van der Waals surface area contributed by atoms with Crippen LogP contribution in [0.5, 0.6) is 0 Å². The number of nitrogens with two attached hydrogens (primary N) is 1. The summed E-state index contributed by atoms with van der Waals surface area (Å²) in [6.45, 7) is 2.88. The van der Waals surface area contributed by atoms with Crippen LogP contribution in [0.1, 0.15) is 24.6 Å². The van der Waals surface area contributed by atoms with Crippen molar-refractivity contribution in [1.82, 2.24) is 15.0 Å². The van der Waals surface area contributed by atoms with E-state index in [9.17, 15) is 4.79 Å². The van der Waals surface area contributed by atoms with Gasteiger partial charge >= 0.3 is 0 Å². The average molecular weight is 287 g/mol. The van der Waals surface area contributed by atoms with Gasteiger partial charge in [0.15, 0.2) is 0 Å². The Labute approximate surface area is 124 Å². The minimum absolute atomic E-state index is 0.116. The molecule has 1 amide bonds. The van der Waals surface area contributed by atoms with Crippen LogP contribution in [0.15, 0.2) is 30.5 Å². The lowest BCUT2D eigenvalue weighted by Crippen LogP contribution is -2.19. The first-order valence-corrected chi connectivity index (χ1v) is 7.19. The molecule has 0 aliphatic heterocycles. The Kier molecular flexibility index (Phi) is 5.45. The first kappa shape index (κ1) is 15.2. The van der Waals surface area contributed by atoms with Gasteiger partial charge in [-0.2, -0.15) is 0 Å². The normalized spacial score (nSPS) is 10.6. The van der Waals surface area contributed by atoms with E-state index in [1.807, 2.05) is 24.3 Å². The van der Waals surface area contributed by atoms with E-state index in [1.165, 1.54) is 5.56 Å². The molecule has 1 heterocycles. The molecule has 0 atom stereocenters. The molecular weight excluding hydrogens is 266 g/mol. The van der Waals surface area contributed by atoms with Crippen molar-refractivity contribution in [2.24, 2.45) is 5.73 Å². The molecule has 1 aromatic heterocycles. The molecule has 0 bridgehead atoms. The Morgan fingerprint density at radius 2 is 2.10 bits per heavy atom. The first-order valence-electron chi connectivity index (χ1n) is 7.19. The Bertz CT molecular complexity index is 576. The zero-order valence-electron chi connectivity index (χ0n) is 12.2. The number of nitrogens with zero attached hydrogens (tertiary/aromatic N) is 3. The highest BCUT2D eigenvalue weighted by Gasteiger charge is 2.06. The summed E-state index contributed by atoms with van der Waals surface area (Å²) in [6.07, 6.45) is 4.43. The second kappa shape index (κ2) is 7.54. The van der Waals surface area contributed by atoms with Gasteiger partial charge in [0.2, 0.25) is 5.91 Å². The Morgan fingerprint density at radius 3 is 2.76 bits per heavy atom. The van der Waals surface area contributed by atoms with Crippen molar-refractivity contribution in [2.45, 2.75) is 32.7 Å². The van der Waals surface area contributed by atoms with Gasteiger partial charge < -0.3 is 11.1 Å². The molecule has 2 rings (SSSR count). The fraction of sp³-hybridized carbons (Fsp3) is 0.400. The second-order valence-corrected chi connectivity index (χ2v) is 4.90. The fourth-order valence-corrected chi connectivity index (χ4v) is 1.98. The van der Waals surface area contributed by atoms with Crippen molar-refractivity contribution in [3.05, 3.63) is 41.7 Å². The summed E-state index contributed by atoms with van der Waals surface area (Å²) in [5.74, 6) is -0.116. The lowest BCUT2D eigenvalue weighted by atomic mass is 10.1. The second-order valence-electron chi connectivity index (χ2n) is 4.90. The summed E-state index contributed by atoms with van der Waals surface area (Å²) >= 11 is 0. The summed E-state index contributed by atoms with van der Waals surface area (Å²) in [4.78, 5) is 11.9. The van der Waals surface area contributed by atoms with Gasteiger partial charge in [-0.25, -0.2) is 4.68 Å². The quantitative estimate of drug-likeness (QED) is 0.805. The number of carbonyl (C=O) groups excluding carboxylic acids is 1. The molecule has 0 aliphatic carbocycles. The number of hydrogen-bond acceptors (Lipinski definition) is 4. The summed E-state index contributed by atoms with van der Waals surface area (Å²) in [7, 11) is 0. The molecule has 0 spiro atoms. The predicted octanol–water partition coefficient (Wildman–Crippen LogP) is 1.37. The van der Waals surface area contributed by atoms with E-state index in [1.54, 1.807) is 10.9 Å². The van der Waals surface area contributed by atoms with Crippen LogP contribution >= 0.6 is 0 Å². The summed E-state index contributed by atoms with van der Waals surface area (Å²) in [5, 5.41) is 10.8. The fourth-order valence-electron chi connectivity index (χ4n) is 1.98.